The molecule has 120 heavy (non-hydrogen) atoms. The molecule has 0 aliphatic rings. The molecule has 0 saturated heterocycles. The number of aromatic amines is 3. The molecule has 18 aromatic rings. The number of para-hydroxylation sites is 12. The predicted molar refractivity (Wildman–Crippen MR) is 504 cm³/mol. The smallest absolute Gasteiger partial charge is 0.192 e. The van der Waals surface area contributed by atoms with Crippen LogP contribution in [0, 0.1) is 86.1 Å². The van der Waals surface area contributed by atoms with Gasteiger partial charge in [0.15, 0.2) is 34.4 Å². The van der Waals surface area contributed by atoms with E-state index < -0.39 is 0 Å². The maximum absolute atomic E-state index is 5.26. The van der Waals surface area contributed by atoms with Gasteiger partial charge in [-0.05, 0) is 93.6 Å². The molecule has 0 fully saturated rings. The third-order valence-corrected chi connectivity index (χ3v) is 12.7. The van der Waals surface area contributed by atoms with E-state index >= 15 is 0 Å². The Morgan fingerprint density at radius 3 is 0.425 bits per heavy atom. The number of oxazole rings is 3. The number of rotatable bonds is 0. The van der Waals surface area contributed by atoms with Gasteiger partial charge in [-0.15, -0.1) is 0 Å². The molecule has 0 unspecified atom stereocenters. The molecule has 3 N–H and O–H groups in total. The molecular formula is C102H135N9O3V6-6. The van der Waals surface area contributed by atoms with Gasteiger partial charge in [-0.1, -0.05) is 374 Å². The van der Waals surface area contributed by atoms with E-state index in [2.05, 4.69) is 44.9 Å². The summed E-state index contributed by atoms with van der Waals surface area (Å²) in [7, 11) is 0. The first-order valence-corrected chi connectivity index (χ1v) is 37.4. The van der Waals surface area contributed by atoms with Crippen LogP contribution in [0.15, 0.2) is 377 Å². The van der Waals surface area contributed by atoms with Gasteiger partial charge in [-0.25, -0.2) is 29.9 Å². The van der Waals surface area contributed by atoms with Gasteiger partial charge in [0.1, 0.15) is 34.0 Å². The van der Waals surface area contributed by atoms with E-state index in [0.717, 1.165) is 102 Å². The summed E-state index contributed by atoms with van der Waals surface area (Å²) in [5.41, 5.74) is 11.8. The number of fused-ring (bicyclic) bond motifs is 6. The van der Waals surface area contributed by atoms with Gasteiger partial charge in [0, 0.05) is 132 Å². The van der Waals surface area contributed by atoms with Crippen molar-refractivity contribution < 1.29 is 125 Å². The van der Waals surface area contributed by atoms with E-state index in [0.29, 0.717) is 0 Å². The molecular weight excluding hydrogens is 1700 g/mol. The van der Waals surface area contributed by atoms with Gasteiger partial charge in [0.25, 0.3) is 0 Å². The molecule has 0 aliphatic heterocycles. The Morgan fingerprint density at radius 1 is 0.167 bits per heavy atom. The molecule has 6 radical (unpaired) electrons. The summed E-state index contributed by atoms with van der Waals surface area (Å²) in [6.07, 6.45) is 0. The van der Waals surface area contributed by atoms with Crippen LogP contribution in [-0.4, -0.2) is 44.9 Å². The van der Waals surface area contributed by atoms with Crippen molar-refractivity contribution in [2.75, 3.05) is 0 Å². The number of H-pyrrole nitrogens is 3. The molecule has 0 spiro atoms. The average molecular weight is 1840 g/mol. The summed E-state index contributed by atoms with van der Waals surface area (Å²) in [5, 5.41) is 0. The first-order chi connectivity index (χ1) is 53.2. The quantitative estimate of drug-likeness (QED) is 0.125. The third kappa shape index (κ3) is 63.9. The van der Waals surface area contributed by atoms with Crippen molar-refractivity contribution in [2.24, 2.45) is 0 Å². The fourth-order valence-corrected chi connectivity index (χ4v) is 8.51. The normalized spacial score (nSPS) is 7.95. The maximum Gasteiger partial charge on any atom is 0.192 e. The minimum absolute atomic E-state index is 0. The molecule has 12 nitrogen and oxygen atoms in total. The van der Waals surface area contributed by atoms with E-state index in [4.69, 9.17) is 13.3 Å². The van der Waals surface area contributed by atoms with Crippen LogP contribution in [0.1, 0.15) is 118 Å². The molecule has 0 saturated carbocycles. The van der Waals surface area contributed by atoms with Crippen molar-refractivity contribution >= 4 is 66.4 Å². The van der Waals surface area contributed by atoms with Gasteiger partial charge in [-0.2, -0.15) is 0 Å². The van der Waals surface area contributed by atoms with Gasteiger partial charge in [0.2, 0.25) is 0 Å². The Bertz CT molecular complexity index is 3740. The van der Waals surface area contributed by atoms with Gasteiger partial charge >= 0.3 is 0 Å². The van der Waals surface area contributed by atoms with Crippen LogP contribution in [0.5, 0.6) is 0 Å². The zero-order valence-corrected chi connectivity index (χ0v) is 84.1. The summed E-state index contributed by atoms with van der Waals surface area (Å²) in [6.45, 7) is 35.4. The molecule has 0 amide bonds. The Balaban J connectivity index is -0.000000104. The average Bonchev–Trinajstić information content (AvgIpc) is 1.76. The topological polar surface area (TPSA) is 164 Å². The van der Waals surface area contributed by atoms with Crippen LogP contribution >= 0.6 is 0 Å². The van der Waals surface area contributed by atoms with Crippen molar-refractivity contribution in [3.63, 3.8) is 0 Å². The molecule has 18 heteroatoms. The second-order valence-corrected chi connectivity index (χ2v) is 20.5. The minimum atomic E-state index is 0. The molecule has 18 rings (SSSR count). The minimum Gasteiger partial charge on any atom is -0.441 e. The number of nitrogens with zero attached hydrogens (tertiary/aromatic N) is 6. The molecule has 642 valence electrons. The molecule has 0 atom stereocenters. The number of hydrogen-bond acceptors (Lipinski definition) is 9. The summed E-state index contributed by atoms with van der Waals surface area (Å²) >= 11 is 0. The van der Waals surface area contributed by atoms with Crippen molar-refractivity contribution in [1.29, 1.82) is 0 Å². The van der Waals surface area contributed by atoms with Crippen LogP contribution in [0.4, 0.5) is 0 Å². The standard InChI is InChI=1S/3C8H8N2.3C8H7NO.6C6H6.6C2H6.6CH3.6V/c6*1-6-9-7-4-2-3-5-8(7)10-6;6*1-2-4-6-5-3-1;6*1-2;;;;;;;;;;;;/h3*2-5H,1H3,(H,9,10);3*2-5H,1H3;6*1-6H;6*1-2H3;6*1H3;;;;;;/q;;;;;;;;;;;;;;;;;;6*-1;;;;;;. The van der Waals surface area contributed by atoms with Gasteiger partial charge < -0.3 is 72.8 Å². The van der Waals surface area contributed by atoms with E-state index in [9.17, 15) is 0 Å². The van der Waals surface area contributed by atoms with E-state index in [1.54, 1.807) is 0 Å². The number of imidazole rings is 3. The van der Waals surface area contributed by atoms with E-state index in [1.807, 2.05) is 489 Å². The number of aryl methyl sites for hydroxylation is 6. The fraction of sp³-hybridized carbons (Fsp3) is 0.176. The fourth-order valence-electron chi connectivity index (χ4n) is 8.51. The predicted octanol–water partition coefficient (Wildman–Crippen LogP) is 31.0. The molecule has 6 aromatic heterocycles. The Hall–Kier alpha value is -9.03. The zero-order valence-electron chi connectivity index (χ0n) is 75.7. The summed E-state index contributed by atoms with van der Waals surface area (Å²) in [5.74, 6) is 5.09. The summed E-state index contributed by atoms with van der Waals surface area (Å²) in [4.78, 5) is 34.7. The summed E-state index contributed by atoms with van der Waals surface area (Å²) in [6, 6.07) is 119. The zero-order chi connectivity index (χ0) is 79.3. The maximum atomic E-state index is 5.26. The SMILES string of the molecule is CC.CC.CC.CC.CC.CC.Cc1nc2ccccc2[nH]1.Cc1nc2ccccc2[nH]1.Cc1nc2ccccc2[nH]1.Cc1nc2ccccc2o1.Cc1nc2ccccc2o1.Cc1nc2ccccc2o1.[CH3-].[CH3-].[CH3-].[CH3-].[CH3-].[CH3-].[V].[V].[V].[V].[V].[V].c1ccccc1.c1ccccc1.c1ccccc1.c1ccccc1.c1ccccc1.c1ccccc1. The van der Waals surface area contributed by atoms with Crippen molar-refractivity contribution in [2.45, 2.75) is 125 Å². The monoisotopic (exact) mass is 1840 g/mol. The second-order valence-electron chi connectivity index (χ2n) is 20.5. The van der Waals surface area contributed by atoms with Gasteiger partial charge in [-0.3, -0.25) is 0 Å². The van der Waals surface area contributed by atoms with Gasteiger partial charge in [0.05, 0.1) is 33.1 Å². The number of aromatic nitrogens is 9. The van der Waals surface area contributed by atoms with Crippen LogP contribution in [-0.2, 0) is 111 Å². The Labute approximate surface area is 796 Å². The first kappa shape index (κ1) is 137. The van der Waals surface area contributed by atoms with E-state index in [-0.39, 0.29) is 156 Å². The first-order valence-electron chi connectivity index (χ1n) is 37.4. The van der Waals surface area contributed by atoms with Crippen molar-refractivity contribution in [3.05, 3.63) is 444 Å². The van der Waals surface area contributed by atoms with Crippen LogP contribution in [0.2, 0.25) is 0 Å². The third-order valence-electron chi connectivity index (χ3n) is 12.7. The second kappa shape index (κ2) is 95.4. The van der Waals surface area contributed by atoms with Crippen molar-refractivity contribution in [1.82, 2.24) is 44.9 Å². The van der Waals surface area contributed by atoms with Crippen LogP contribution < -0.4 is 0 Å². The summed E-state index contributed by atoms with van der Waals surface area (Å²) < 4.78 is 15.8. The van der Waals surface area contributed by atoms with Crippen LogP contribution in [0.25, 0.3) is 66.4 Å². The van der Waals surface area contributed by atoms with E-state index in [1.165, 1.54) is 0 Å². The molecule has 12 aromatic carbocycles. The van der Waals surface area contributed by atoms with Crippen LogP contribution in [0.3, 0.4) is 0 Å². The molecule has 0 bridgehead atoms. The number of hydrogen-bond donors (Lipinski definition) is 3. The number of benzene rings is 12. The Morgan fingerprint density at radius 2 is 0.292 bits per heavy atom. The number of nitrogens with one attached hydrogen (secondary N) is 3. The molecule has 6 heterocycles. The molecule has 0 aliphatic carbocycles. The Kier molecular flexibility index (Phi) is 109. The largest absolute Gasteiger partial charge is 0.441 e. The van der Waals surface area contributed by atoms with Crippen molar-refractivity contribution in [3.8, 4) is 0 Å².